The first-order valence-corrected chi connectivity index (χ1v) is 5.78. The van der Waals surface area contributed by atoms with Crippen LogP contribution in [0.1, 0.15) is 30.4 Å². The molecule has 2 nitrogen and oxygen atoms in total. The molecule has 15 heavy (non-hydrogen) atoms. The summed E-state index contributed by atoms with van der Waals surface area (Å²) < 4.78 is 0. The molecule has 1 aliphatic heterocycles. The summed E-state index contributed by atoms with van der Waals surface area (Å²) in [6.45, 7) is 3.13. The first-order valence-electron chi connectivity index (χ1n) is 5.78. The lowest BCUT2D eigenvalue weighted by atomic mass is 9.95. The van der Waals surface area contributed by atoms with Gasteiger partial charge in [0.2, 0.25) is 0 Å². The summed E-state index contributed by atoms with van der Waals surface area (Å²) in [6.07, 6.45) is 4.93. The van der Waals surface area contributed by atoms with Gasteiger partial charge in [0.25, 0.3) is 0 Å². The molecule has 1 fully saturated rings. The standard InChI is InChI=1S/C13H19NO/c1-10-11(5-4-7-13(10)15)9-12-6-2-3-8-14-12/h4-5,7,12,14-15H,2-3,6,8-9H2,1H3. The van der Waals surface area contributed by atoms with Gasteiger partial charge in [0.05, 0.1) is 0 Å². The highest BCUT2D eigenvalue weighted by atomic mass is 16.3. The third-order valence-corrected chi connectivity index (χ3v) is 3.30. The Balaban J connectivity index is 2.06. The van der Waals surface area contributed by atoms with Crippen LogP contribution in [0.5, 0.6) is 5.75 Å². The van der Waals surface area contributed by atoms with E-state index in [9.17, 15) is 5.11 Å². The van der Waals surface area contributed by atoms with Crippen LogP contribution in [-0.4, -0.2) is 17.7 Å². The van der Waals surface area contributed by atoms with Gasteiger partial charge in [-0.3, -0.25) is 0 Å². The van der Waals surface area contributed by atoms with E-state index in [1.54, 1.807) is 6.07 Å². The predicted octanol–water partition coefficient (Wildman–Crippen LogP) is 2.39. The first-order chi connectivity index (χ1) is 7.27. The summed E-state index contributed by atoms with van der Waals surface area (Å²) in [5.41, 5.74) is 2.30. The maximum atomic E-state index is 9.61. The van der Waals surface area contributed by atoms with Crippen LogP contribution in [0.3, 0.4) is 0 Å². The summed E-state index contributed by atoms with van der Waals surface area (Å²) >= 11 is 0. The molecular weight excluding hydrogens is 186 g/mol. The fraction of sp³-hybridized carbons (Fsp3) is 0.538. The van der Waals surface area contributed by atoms with E-state index in [1.165, 1.54) is 24.8 Å². The second-order valence-electron chi connectivity index (χ2n) is 4.41. The van der Waals surface area contributed by atoms with Crippen molar-refractivity contribution >= 4 is 0 Å². The zero-order chi connectivity index (χ0) is 10.7. The van der Waals surface area contributed by atoms with Gasteiger partial charge >= 0.3 is 0 Å². The summed E-state index contributed by atoms with van der Waals surface area (Å²) in [5, 5.41) is 13.1. The molecule has 1 unspecified atom stereocenters. The number of rotatable bonds is 2. The molecule has 82 valence electrons. The number of hydrogen-bond donors (Lipinski definition) is 2. The SMILES string of the molecule is Cc1c(O)cccc1CC1CCCCN1. The first kappa shape index (κ1) is 10.5. The van der Waals surface area contributed by atoms with Crippen LogP contribution >= 0.6 is 0 Å². The van der Waals surface area contributed by atoms with Gasteiger partial charge in [0.1, 0.15) is 5.75 Å². The fourth-order valence-corrected chi connectivity index (χ4v) is 2.25. The molecule has 2 rings (SSSR count). The Morgan fingerprint density at radius 2 is 2.27 bits per heavy atom. The largest absolute Gasteiger partial charge is 0.508 e. The number of hydrogen-bond acceptors (Lipinski definition) is 2. The zero-order valence-corrected chi connectivity index (χ0v) is 9.29. The van der Waals surface area contributed by atoms with Crippen LogP contribution in [0, 0.1) is 6.92 Å². The molecule has 1 aromatic rings. The van der Waals surface area contributed by atoms with Gasteiger partial charge < -0.3 is 10.4 Å². The van der Waals surface area contributed by atoms with Gasteiger partial charge in [-0.2, -0.15) is 0 Å². The molecule has 0 spiro atoms. The molecule has 0 aromatic heterocycles. The molecule has 0 amide bonds. The van der Waals surface area contributed by atoms with E-state index in [2.05, 4.69) is 11.4 Å². The maximum Gasteiger partial charge on any atom is 0.118 e. The van der Waals surface area contributed by atoms with Crippen molar-refractivity contribution in [2.75, 3.05) is 6.54 Å². The van der Waals surface area contributed by atoms with E-state index in [-0.39, 0.29) is 0 Å². The topological polar surface area (TPSA) is 32.3 Å². The molecule has 0 aliphatic carbocycles. The van der Waals surface area contributed by atoms with Crippen molar-refractivity contribution in [3.05, 3.63) is 29.3 Å². The normalized spacial score (nSPS) is 21.5. The monoisotopic (exact) mass is 205 g/mol. The molecule has 2 heteroatoms. The molecular formula is C13H19NO. The van der Waals surface area contributed by atoms with E-state index >= 15 is 0 Å². The molecule has 1 heterocycles. The molecule has 0 saturated carbocycles. The summed E-state index contributed by atoms with van der Waals surface area (Å²) in [6, 6.07) is 6.40. The van der Waals surface area contributed by atoms with E-state index in [0.717, 1.165) is 18.5 Å². The average molecular weight is 205 g/mol. The number of nitrogens with one attached hydrogen (secondary N) is 1. The summed E-state index contributed by atoms with van der Waals surface area (Å²) in [5.74, 6) is 0.420. The van der Waals surface area contributed by atoms with E-state index < -0.39 is 0 Å². The number of phenolic OH excluding ortho intramolecular Hbond substituents is 1. The fourth-order valence-electron chi connectivity index (χ4n) is 2.25. The lowest BCUT2D eigenvalue weighted by Crippen LogP contribution is -2.35. The van der Waals surface area contributed by atoms with Crippen molar-refractivity contribution in [2.45, 2.75) is 38.6 Å². The quantitative estimate of drug-likeness (QED) is 0.777. The highest BCUT2D eigenvalue weighted by Crippen LogP contribution is 2.22. The lowest BCUT2D eigenvalue weighted by Gasteiger charge is -2.24. The number of piperidine rings is 1. The van der Waals surface area contributed by atoms with Crippen LogP contribution in [-0.2, 0) is 6.42 Å². The van der Waals surface area contributed by atoms with Crippen LogP contribution in [0.15, 0.2) is 18.2 Å². The van der Waals surface area contributed by atoms with E-state index in [4.69, 9.17) is 0 Å². The second-order valence-corrected chi connectivity index (χ2v) is 4.41. The number of aromatic hydroxyl groups is 1. The number of phenols is 1. The minimum Gasteiger partial charge on any atom is -0.508 e. The van der Waals surface area contributed by atoms with Gasteiger partial charge in [-0.25, -0.2) is 0 Å². The van der Waals surface area contributed by atoms with Crippen LogP contribution in [0.2, 0.25) is 0 Å². The van der Waals surface area contributed by atoms with Crippen molar-refractivity contribution in [3.8, 4) is 5.75 Å². The third kappa shape index (κ3) is 2.51. The van der Waals surface area contributed by atoms with Gasteiger partial charge in [-0.1, -0.05) is 18.6 Å². The van der Waals surface area contributed by atoms with Crippen molar-refractivity contribution in [3.63, 3.8) is 0 Å². The molecule has 1 aromatic carbocycles. The smallest absolute Gasteiger partial charge is 0.118 e. The van der Waals surface area contributed by atoms with Gasteiger partial charge in [0, 0.05) is 6.04 Å². The van der Waals surface area contributed by atoms with Gasteiger partial charge in [-0.05, 0) is 49.9 Å². The third-order valence-electron chi connectivity index (χ3n) is 3.30. The predicted molar refractivity (Wildman–Crippen MR) is 62.2 cm³/mol. The Morgan fingerprint density at radius 3 is 3.00 bits per heavy atom. The molecule has 1 aliphatic rings. The minimum absolute atomic E-state index is 0.420. The summed E-state index contributed by atoms with van der Waals surface area (Å²) in [7, 11) is 0. The van der Waals surface area contributed by atoms with Crippen LogP contribution < -0.4 is 5.32 Å². The zero-order valence-electron chi connectivity index (χ0n) is 9.29. The van der Waals surface area contributed by atoms with Crippen LogP contribution in [0.4, 0.5) is 0 Å². The van der Waals surface area contributed by atoms with Gasteiger partial charge in [-0.15, -0.1) is 0 Å². The Kier molecular flexibility index (Phi) is 3.27. The van der Waals surface area contributed by atoms with E-state index in [1.807, 2.05) is 13.0 Å². The Morgan fingerprint density at radius 1 is 1.40 bits per heavy atom. The molecule has 1 atom stereocenters. The van der Waals surface area contributed by atoms with Crippen molar-refractivity contribution in [1.82, 2.24) is 5.32 Å². The molecule has 0 bridgehead atoms. The van der Waals surface area contributed by atoms with Crippen molar-refractivity contribution in [2.24, 2.45) is 0 Å². The molecule has 2 N–H and O–H groups in total. The number of benzene rings is 1. The lowest BCUT2D eigenvalue weighted by molar-refractivity contribution is 0.398. The highest BCUT2D eigenvalue weighted by Gasteiger charge is 2.14. The van der Waals surface area contributed by atoms with Gasteiger partial charge in [0.15, 0.2) is 0 Å². The second kappa shape index (κ2) is 4.67. The highest BCUT2D eigenvalue weighted by molar-refractivity contribution is 5.38. The van der Waals surface area contributed by atoms with Crippen molar-refractivity contribution in [1.29, 1.82) is 0 Å². The summed E-state index contributed by atoms with van der Waals surface area (Å²) in [4.78, 5) is 0. The Labute approximate surface area is 91.3 Å². The maximum absolute atomic E-state index is 9.61. The van der Waals surface area contributed by atoms with E-state index in [0.29, 0.717) is 11.8 Å². The van der Waals surface area contributed by atoms with Crippen molar-refractivity contribution < 1.29 is 5.11 Å². The molecule has 1 saturated heterocycles. The minimum atomic E-state index is 0.420. The Bertz CT molecular complexity index is 329. The average Bonchev–Trinajstić information content (AvgIpc) is 2.26. The Hall–Kier alpha value is -1.02. The van der Waals surface area contributed by atoms with Crippen LogP contribution in [0.25, 0.3) is 0 Å². The molecule has 0 radical (unpaired) electrons.